The Labute approximate surface area is 84.2 Å². The Bertz CT molecular complexity index is 158. The van der Waals surface area contributed by atoms with Gasteiger partial charge in [-0.25, -0.2) is 5.26 Å². The third kappa shape index (κ3) is 8.05. The van der Waals surface area contributed by atoms with Gasteiger partial charge in [-0.05, 0) is 6.04 Å². The van der Waals surface area contributed by atoms with Crippen molar-refractivity contribution in [1.82, 2.24) is 0 Å². The lowest BCUT2D eigenvalue weighted by Crippen LogP contribution is -2.22. The standard InChI is InChI=1S/C11H23NSi/c1-4-5-6-7-8-9-10-13(2,3)11-12/h4-10H2,1-3H3. The molecular weight excluding hydrogens is 174 g/mol. The molecule has 0 bridgehead atoms. The molecule has 1 nitrogen and oxygen atoms in total. The molecule has 0 aromatic rings. The summed E-state index contributed by atoms with van der Waals surface area (Å²) < 4.78 is 0. The van der Waals surface area contributed by atoms with Crippen molar-refractivity contribution in [3.05, 3.63) is 0 Å². The number of rotatable bonds is 7. The molecule has 0 radical (unpaired) electrons. The van der Waals surface area contributed by atoms with Crippen molar-refractivity contribution in [1.29, 1.82) is 5.26 Å². The normalized spacial score (nSPS) is 11.2. The second-order valence-corrected chi connectivity index (χ2v) is 9.00. The summed E-state index contributed by atoms with van der Waals surface area (Å²) in [6.45, 7) is 6.57. The number of nitriles is 1. The van der Waals surface area contributed by atoms with E-state index >= 15 is 0 Å². The average Bonchev–Trinajstić information content (AvgIpc) is 2.11. The molecule has 0 aliphatic carbocycles. The fourth-order valence-electron chi connectivity index (χ4n) is 1.40. The topological polar surface area (TPSA) is 23.8 Å². The Kier molecular flexibility index (Phi) is 6.98. The molecule has 0 aromatic carbocycles. The zero-order chi connectivity index (χ0) is 10.2. The van der Waals surface area contributed by atoms with Gasteiger partial charge in [0.1, 0.15) is 0 Å². The zero-order valence-electron chi connectivity index (χ0n) is 9.40. The number of unbranched alkanes of at least 4 members (excludes halogenated alkanes) is 5. The van der Waals surface area contributed by atoms with Crippen LogP contribution in [0.25, 0.3) is 0 Å². The van der Waals surface area contributed by atoms with Crippen molar-refractivity contribution in [3.63, 3.8) is 0 Å². The van der Waals surface area contributed by atoms with Crippen molar-refractivity contribution in [2.75, 3.05) is 0 Å². The third-order valence-corrected chi connectivity index (χ3v) is 4.67. The lowest BCUT2D eigenvalue weighted by atomic mass is 10.1. The first-order valence-corrected chi connectivity index (χ1v) is 8.74. The highest BCUT2D eigenvalue weighted by Crippen LogP contribution is 2.14. The highest BCUT2D eigenvalue weighted by Gasteiger charge is 2.18. The van der Waals surface area contributed by atoms with Crippen molar-refractivity contribution in [2.45, 2.75) is 64.6 Å². The van der Waals surface area contributed by atoms with Gasteiger partial charge in [-0.1, -0.05) is 58.5 Å². The average molecular weight is 197 g/mol. The Morgan fingerprint density at radius 3 is 2.08 bits per heavy atom. The fraction of sp³-hybridized carbons (Fsp3) is 0.909. The van der Waals surface area contributed by atoms with E-state index in [1.54, 1.807) is 0 Å². The van der Waals surface area contributed by atoms with Gasteiger partial charge < -0.3 is 0 Å². The van der Waals surface area contributed by atoms with Gasteiger partial charge in [0.2, 0.25) is 0 Å². The largest absolute Gasteiger partial charge is 0.207 e. The molecule has 0 rings (SSSR count). The molecule has 0 aliphatic rings. The molecule has 0 unspecified atom stereocenters. The molecule has 0 N–H and O–H groups in total. The third-order valence-electron chi connectivity index (χ3n) is 2.46. The molecule has 76 valence electrons. The Hall–Kier alpha value is -0.293. The summed E-state index contributed by atoms with van der Waals surface area (Å²) in [4.78, 5) is 0. The van der Waals surface area contributed by atoms with E-state index < -0.39 is 8.07 Å². The fourth-order valence-corrected chi connectivity index (χ4v) is 2.65. The summed E-state index contributed by atoms with van der Waals surface area (Å²) in [7, 11) is -1.44. The minimum atomic E-state index is -1.44. The van der Waals surface area contributed by atoms with E-state index in [0.717, 1.165) is 0 Å². The van der Waals surface area contributed by atoms with E-state index in [1.807, 2.05) is 0 Å². The quantitative estimate of drug-likeness (QED) is 0.445. The number of hydrogen-bond donors (Lipinski definition) is 0. The van der Waals surface area contributed by atoms with Gasteiger partial charge in [0.05, 0.1) is 0 Å². The molecule has 0 saturated heterocycles. The van der Waals surface area contributed by atoms with Crippen LogP contribution in [0.4, 0.5) is 0 Å². The van der Waals surface area contributed by atoms with Crippen LogP contribution in [0.15, 0.2) is 0 Å². The maximum absolute atomic E-state index is 8.85. The van der Waals surface area contributed by atoms with Crippen molar-refractivity contribution < 1.29 is 0 Å². The minimum Gasteiger partial charge on any atom is -0.207 e. The van der Waals surface area contributed by atoms with Crippen LogP contribution in [-0.2, 0) is 0 Å². The second-order valence-electron chi connectivity index (χ2n) is 4.51. The summed E-state index contributed by atoms with van der Waals surface area (Å²) in [5.74, 6) is 0. The van der Waals surface area contributed by atoms with E-state index in [1.165, 1.54) is 44.6 Å². The first-order chi connectivity index (χ1) is 6.12. The summed E-state index contributed by atoms with van der Waals surface area (Å²) in [5, 5.41) is 8.85. The van der Waals surface area contributed by atoms with Gasteiger partial charge in [0.15, 0.2) is 8.07 Å². The van der Waals surface area contributed by atoms with Crippen molar-refractivity contribution >= 4 is 8.07 Å². The van der Waals surface area contributed by atoms with Crippen LogP contribution in [0.2, 0.25) is 19.1 Å². The van der Waals surface area contributed by atoms with Crippen LogP contribution in [-0.4, -0.2) is 8.07 Å². The van der Waals surface area contributed by atoms with Gasteiger partial charge in [0, 0.05) is 5.69 Å². The lowest BCUT2D eigenvalue weighted by Gasteiger charge is -2.10. The highest BCUT2D eigenvalue weighted by atomic mass is 28.3. The van der Waals surface area contributed by atoms with E-state index in [4.69, 9.17) is 5.26 Å². The first-order valence-electron chi connectivity index (χ1n) is 5.53. The smallest absolute Gasteiger partial charge is 0.167 e. The van der Waals surface area contributed by atoms with Gasteiger partial charge in [-0.3, -0.25) is 0 Å². The first kappa shape index (κ1) is 12.7. The predicted octanol–water partition coefficient (Wildman–Crippen LogP) is 4.12. The van der Waals surface area contributed by atoms with Gasteiger partial charge in [-0.15, -0.1) is 0 Å². The molecule has 0 heterocycles. The van der Waals surface area contributed by atoms with Crippen molar-refractivity contribution in [2.24, 2.45) is 0 Å². The van der Waals surface area contributed by atoms with E-state index in [-0.39, 0.29) is 0 Å². The maximum atomic E-state index is 8.85. The lowest BCUT2D eigenvalue weighted by molar-refractivity contribution is 0.623. The van der Waals surface area contributed by atoms with Gasteiger partial charge >= 0.3 is 0 Å². The molecule has 0 amide bonds. The molecular formula is C11H23NSi. The predicted molar refractivity (Wildman–Crippen MR) is 61.3 cm³/mol. The molecule has 0 spiro atoms. The van der Waals surface area contributed by atoms with Gasteiger partial charge in [-0.2, -0.15) is 0 Å². The maximum Gasteiger partial charge on any atom is 0.167 e. The Morgan fingerprint density at radius 2 is 1.54 bits per heavy atom. The van der Waals surface area contributed by atoms with Crippen LogP contribution >= 0.6 is 0 Å². The molecule has 2 heteroatoms. The van der Waals surface area contributed by atoms with Crippen LogP contribution in [0, 0.1) is 11.0 Å². The molecule has 13 heavy (non-hydrogen) atoms. The number of nitrogens with zero attached hydrogens (tertiary/aromatic N) is 1. The molecule has 0 saturated carbocycles. The second kappa shape index (κ2) is 7.14. The molecule has 0 atom stereocenters. The van der Waals surface area contributed by atoms with Crippen molar-refractivity contribution in [3.8, 4) is 5.69 Å². The van der Waals surface area contributed by atoms with Gasteiger partial charge in [0.25, 0.3) is 0 Å². The Morgan fingerprint density at radius 1 is 1.00 bits per heavy atom. The minimum absolute atomic E-state index is 1.19. The van der Waals surface area contributed by atoms with Crippen LogP contribution in [0.5, 0.6) is 0 Å². The molecule has 0 aliphatic heterocycles. The highest BCUT2D eigenvalue weighted by molar-refractivity contribution is 6.84. The van der Waals surface area contributed by atoms with Crippen LogP contribution in [0.1, 0.15) is 45.4 Å². The summed E-state index contributed by atoms with van der Waals surface area (Å²) in [6, 6.07) is 1.19. The zero-order valence-corrected chi connectivity index (χ0v) is 10.4. The van der Waals surface area contributed by atoms with Crippen LogP contribution < -0.4 is 0 Å². The summed E-state index contributed by atoms with van der Waals surface area (Å²) in [5.41, 5.74) is 2.48. The van der Waals surface area contributed by atoms with E-state index in [0.29, 0.717) is 0 Å². The SMILES string of the molecule is CCCCCCCC[Si](C)(C)C#N. The Balaban J connectivity index is 3.22. The summed E-state index contributed by atoms with van der Waals surface area (Å²) in [6.07, 6.45) is 8.04. The molecule has 0 aromatic heterocycles. The molecule has 0 fully saturated rings. The van der Waals surface area contributed by atoms with E-state index in [9.17, 15) is 0 Å². The summed E-state index contributed by atoms with van der Waals surface area (Å²) >= 11 is 0. The van der Waals surface area contributed by atoms with E-state index in [2.05, 4.69) is 25.7 Å². The van der Waals surface area contributed by atoms with Crippen LogP contribution in [0.3, 0.4) is 0 Å². The monoisotopic (exact) mass is 197 g/mol. The number of hydrogen-bond acceptors (Lipinski definition) is 1.